The van der Waals surface area contributed by atoms with Gasteiger partial charge in [0.05, 0.1) is 11.0 Å². The third-order valence-corrected chi connectivity index (χ3v) is 4.79. The molecule has 1 saturated heterocycles. The molecule has 1 aliphatic heterocycles. The maximum atomic E-state index is 12.9. The van der Waals surface area contributed by atoms with Gasteiger partial charge in [0.15, 0.2) is 0 Å². The standard InChI is InChI=1S/C20H23N7O/c1-3-21-18-13-19(25-14(2)24-18)26-8-10-27(11-9-26)20(28)15-4-5-16-17(12-15)23-7-6-22-16/h4-7,12-13H,3,8-11H2,1-2H3,(H,21,24,25). The minimum atomic E-state index is 0.0272. The van der Waals surface area contributed by atoms with Crippen LogP contribution in [-0.2, 0) is 0 Å². The SMILES string of the molecule is CCNc1cc(N2CCN(C(=O)c3ccc4nccnc4c3)CC2)nc(C)n1. The number of rotatable bonds is 4. The highest BCUT2D eigenvalue weighted by molar-refractivity contribution is 5.97. The van der Waals surface area contributed by atoms with E-state index in [1.165, 1.54) is 0 Å². The molecule has 4 rings (SSSR count). The Balaban J connectivity index is 1.45. The lowest BCUT2D eigenvalue weighted by Gasteiger charge is -2.35. The van der Waals surface area contributed by atoms with Crippen LogP contribution in [0, 0.1) is 6.92 Å². The van der Waals surface area contributed by atoms with Crippen LogP contribution in [0.4, 0.5) is 11.6 Å². The van der Waals surface area contributed by atoms with E-state index in [2.05, 4.69) is 30.2 Å². The number of anilines is 2. The lowest BCUT2D eigenvalue weighted by Crippen LogP contribution is -2.49. The van der Waals surface area contributed by atoms with Gasteiger partial charge in [0.25, 0.3) is 5.91 Å². The molecular formula is C20H23N7O. The normalized spacial score (nSPS) is 14.4. The third-order valence-electron chi connectivity index (χ3n) is 4.79. The van der Waals surface area contributed by atoms with E-state index in [4.69, 9.17) is 0 Å². The quantitative estimate of drug-likeness (QED) is 0.745. The second-order valence-electron chi connectivity index (χ2n) is 6.73. The Morgan fingerprint density at radius 3 is 2.54 bits per heavy atom. The molecule has 0 radical (unpaired) electrons. The zero-order chi connectivity index (χ0) is 19.5. The Kier molecular flexibility index (Phi) is 5.01. The van der Waals surface area contributed by atoms with Crippen LogP contribution in [0.5, 0.6) is 0 Å². The van der Waals surface area contributed by atoms with Crippen LogP contribution in [0.2, 0.25) is 0 Å². The van der Waals surface area contributed by atoms with Crippen LogP contribution in [-0.4, -0.2) is 63.5 Å². The molecule has 0 unspecified atom stereocenters. The van der Waals surface area contributed by atoms with E-state index in [0.717, 1.165) is 48.1 Å². The molecule has 3 aromatic rings. The predicted molar refractivity (Wildman–Crippen MR) is 109 cm³/mol. The van der Waals surface area contributed by atoms with E-state index in [-0.39, 0.29) is 5.91 Å². The van der Waals surface area contributed by atoms with E-state index >= 15 is 0 Å². The highest BCUT2D eigenvalue weighted by Crippen LogP contribution is 2.19. The van der Waals surface area contributed by atoms with Gasteiger partial charge in [-0.25, -0.2) is 9.97 Å². The molecule has 0 saturated carbocycles. The fraction of sp³-hybridized carbons (Fsp3) is 0.350. The number of hydrogen-bond acceptors (Lipinski definition) is 7. The topological polar surface area (TPSA) is 87.1 Å². The van der Waals surface area contributed by atoms with E-state index in [1.54, 1.807) is 12.4 Å². The fourth-order valence-electron chi connectivity index (χ4n) is 3.40. The largest absolute Gasteiger partial charge is 0.370 e. The number of carbonyl (C=O) groups is 1. The maximum absolute atomic E-state index is 12.9. The van der Waals surface area contributed by atoms with Gasteiger partial charge >= 0.3 is 0 Å². The predicted octanol–water partition coefficient (Wildman–Crippen LogP) is 2.12. The Labute approximate surface area is 163 Å². The second kappa shape index (κ2) is 7.75. The number of hydrogen-bond donors (Lipinski definition) is 1. The van der Waals surface area contributed by atoms with Gasteiger partial charge in [-0.3, -0.25) is 14.8 Å². The van der Waals surface area contributed by atoms with Crippen molar-refractivity contribution in [2.75, 3.05) is 42.9 Å². The van der Waals surface area contributed by atoms with Crippen LogP contribution in [0.3, 0.4) is 0 Å². The summed E-state index contributed by atoms with van der Waals surface area (Å²) in [4.78, 5) is 34.5. The number of piperazine rings is 1. The molecular weight excluding hydrogens is 354 g/mol. The van der Waals surface area contributed by atoms with Crippen molar-refractivity contribution in [2.45, 2.75) is 13.8 Å². The molecule has 28 heavy (non-hydrogen) atoms. The number of fused-ring (bicyclic) bond motifs is 1. The Morgan fingerprint density at radius 2 is 1.79 bits per heavy atom. The Hall–Kier alpha value is -3.29. The van der Waals surface area contributed by atoms with Crippen molar-refractivity contribution < 1.29 is 4.79 Å². The van der Waals surface area contributed by atoms with Gasteiger partial charge in [-0.2, -0.15) is 0 Å². The van der Waals surface area contributed by atoms with Crippen molar-refractivity contribution in [3.8, 4) is 0 Å². The van der Waals surface area contributed by atoms with E-state index in [1.807, 2.05) is 43.0 Å². The van der Waals surface area contributed by atoms with Crippen molar-refractivity contribution in [1.29, 1.82) is 0 Å². The zero-order valence-electron chi connectivity index (χ0n) is 16.1. The molecule has 1 fully saturated rings. The summed E-state index contributed by atoms with van der Waals surface area (Å²) < 4.78 is 0. The molecule has 8 nitrogen and oxygen atoms in total. The molecule has 1 aromatic carbocycles. The summed E-state index contributed by atoms with van der Waals surface area (Å²) >= 11 is 0. The lowest BCUT2D eigenvalue weighted by atomic mass is 10.1. The minimum Gasteiger partial charge on any atom is -0.370 e. The molecule has 144 valence electrons. The molecule has 1 aliphatic rings. The van der Waals surface area contributed by atoms with Crippen LogP contribution >= 0.6 is 0 Å². The molecule has 8 heteroatoms. The number of aromatic nitrogens is 4. The van der Waals surface area contributed by atoms with Crippen LogP contribution in [0.1, 0.15) is 23.1 Å². The van der Waals surface area contributed by atoms with Crippen molar-refractivity contribution in [1.82, 2.24) is 24.8 Å². The zero-order valence-corrected chi connectivity index (χ0v) is 16.1. The minimum absolute atomic E-state index is 0.0272. The molecule has 3 heterocycles. The number of nitrogens with zero attached hydrogens (tertiary/aromatic N) is 6. The number of benzene rings is 1. The number of carbonyl (C=O) groups excluding carboxylic acids is 1. The van der Waals surface area contributed by atoms with Crippen molar-refractivity contribution in [3.05, 3.63) is 48.0 Å². The van der Waals surface area contributed by atoms with Gasteiger partial charge in [0.2, 0.25) is 0 Å². The smallest absolute Gasteiger partial charge is 0.254 e. The summed E-state index contributed by atoms with van der Waals surface area (Å²) in [5.74, 6) is 2.50. The van der Waals surface area contributed by atoms with Crippen molar-refractivity contribution in [3.63, 3.8) is 0 Å². The summed E-state index contributed by atoms with van der Waals surface area (Å²) in [5.41, 5.74) is 2.17. The molecule has 1 amide bonds. The van der Waals surface area contributed by atoms with Gasteiger partial charge in [-0.1, -0.05) is 0 Å². The van der Waals surface area contributed by atoms with E-state index < -0.39 is 0 Å². The van der Waals surface area contributed by atoms with E-state index in [9.17, 15) is 4.79 Å². The molecule has 1 N–H and O–H groups in total. The summed E-state index contributed by atoms with van der Waals surface area (Å²) in [6.45, 7) is 7.52. The second-order valence-corrected chi connectivity index (χ2v) is 6.73. The first-order valence-electron chi connectivity index (χ1n) is 9.48. The molecule has 0 aliphatic carbocycles. The Bertz CT molecular complexity index is 999. The summed E-state index contributed by atoms with van der Waals surface area (Å²) in [7, 11) is 0. The van der Waals surface area contributed by atoms with Gasteiger partial charge < -0.3 is 15.1 Å². The summed E-state index contributed by atoms with van der Waals surface area (Å²) in [5, 5.41) is 3.24. The average Bonchev–Trinajstić information content (AvgIpc) is 2.73. The maximum Gasteiger partial charge on any atom is 0.254 e. The fourth-order valence-corrected chi connectivity index (χ4v) is 3.40. The van der Waals surface area contributed by atoms with Crippen molar-refractivity contribution in [2.24, 2.45) is 0 Å². The van der Waals surface area contributed by atoms with Gasteiger partial charge in [-0.05, 0) is 32.0 Å². The van der Waals surface area contributed by atoms with Crippen LogP contribution in [0.15, 0.2) is 36.7 Å². The summed E-state index contributed by atoms with van der Waals surface area (Å²) in [6, 6.07) is 7.45. The monoisotopic (exact) mass is 377 g/mol. The van der Waals surface area contributed by atoms with Crippen LogP contribution in [0.25, 0.3) is 11.0 Å². The molecule has 0 atom stereocenters. The lowest BCUT2D eigenvalue weighted by molar-refractivity contribution is 0.0746. The van der Waals surface area contributed by atoms with Gasteiger partial charge in [0.1, 0.15) is 17.5 Å². The average molecular weight is 377 g/mol. The molecule has 0 bridgehead atoms. The first kappa shape index (κ1) is 18.1. The highest BCUT2D eigenvalue weighted by atomic mass is 16.2. The van der Waals surface area contributed by atoms with Gasteiger partial charge in [0, 0.05) is 56.7 Å². The third kappa shape index (κ3) is 3.71. The summed E-state index contributed by atoms with van der Waals surface area (Å²) in [6.07, 6.45) is 3.29. The number of amides is 1. The number of nitrogens with one attached hydrogen (secondary N) is 1. The van der Waals surface area contributed by atoms with Crippen LogP contribution < -0.4 is 10.2 Å². The first-order chi connectivity index (χ1) is 13.6. The Morgan fingerprint density at radius 1 is 1.04 bits per heavy atom. The molecule has 2 aromatic heterocycles. The first-order valence-corrected chi connectivity index (χ1v) is 9.48. The van der Waals surface area contributed by atoms with Crippen molar-refractivity contribution >= 4 is 28.6 Å². The van der Waals surface area contributed by atoms with Gasteiger partial charge in [-0.15, -0.1) is 0 Å². The number of aryl methyl sites for hydroxylation is 1. The molecule has 0 spiro atoms. The van der Waals surface area contributed by atoms with E-state index in [0.29, 0.717) is 18.7 Å². The highest BCUT2D eigenvalue weighted by Gasteiger charge is 2.23.